The normalized spacial score (nSPS) is 20.0. The number of amides is 1. The summed E-state index contributed by atoms with van der Waals surface area (Å²) in [7, 11) is 0. The van der Waals surface area contributed by atoms with Gasteiger partial charge in [0, 0.05) is 18.8 Å². The van der Waals surface area contributed by atoms with Crippen molar-refractivity contribution in [3.05, 3.63) is 29.8 Å². The van der Waals surface area contributed by atoms with Crippen LogP contribution in [0.1, 0.15) is 18.9 Å². The van der Waals surface area contributed by atoms with Gasteiger partial charge in [-0.2, -0.15) is 0 Å². The average Bonchev–Trinajstić information content (AvgIpc) is 2.74. The molecule has 0 spiro atoms. The van der Waals surface area contributed by atoms with E-state index < -0.39 is 0 Å². The van der Waals surface area contributed by atoms with Crippen LogP contribution in [0.3, 0.4) is 0 Å². The van der Waals surface area contributed by atoms with E-state index in [1.54, 1.807) is 0 Å². The van der Waals surface area contributed by atoms with Gasteiger partial charge in [0.25, 0.3) is 0 Å². The van der Waals surface area contributed by atoms with E-state index in [-0.39, 0.29) is 12.0 Å². The Morgan fingerprint density at radius 2 is 2.39 bits per heavy atom. The summed E-state index contributed by atoms with van der Waals surface area (Å²) in [5, 5.41) is 12.3. The van der Waals surface area contributed by atoms with Crippen molar-refractivity contribution in [2.45, 2.75) is 25.9 Å². The van der Waals surface area contributed by atoms with E-state index in [4.69, 9.17) is 0 Å². The lowest BCUT2D eigenvalue weighted by Crippen LogP contribution is -2.32. The molecular weight excluding hydrogens is 228 g/mol. The highest BCUT2D eigenvalue weighted by Gasteiger charge is 2.21. The molecular formula is C14H20N2O2. The molecule has 98 valence electrons. The van der Waals surface area contributed by atoms with Crippen molar-refractivity contribution in [2.24, 2.45) is 0 Å². The fourth-order valence-corrected chi connectivity index (χ4v) is 2.23. The monoisotopic (exact) mass is 248 g/mol. The predicted molar refractivity (Wildman–Crippen MR) is 71.5 cm³/mol. The second-order valence-corrected chi connectivity index (χ2v) is 4.78. The van der Waals surface area contributed by atoms with Crippen LogP contribution in [0.25, 0.3) is 0 Å². The maximum atomic E-state index is 11.8. The smallest absolute Gasteiger partial charge is 0.238 e. The Kier molecular flexibility index (Phi) is 4.33. The highest BCUT2D eigenvalue weighted by molar-refractivity contribution is 5.92. The summed E-state index contributed by atoms with van der Waals surface area (Å²) in [6.45, 7) is 3.84. The molecule has 1 amide bonds. The van der Waals surface area contributed by atoms with Crippen molar-refractivity contribution in [3.8, 4) is 0 Å². The largest absolute Gasteiger partial charge is 0.392 e. The first-order valence-corrected chi connectivity index (χ1v) is 6.46. The highest BCUT2D eigenvalue weighted by Crippen LogP contribution is 2.12. The zero-order valence-electron chi connectivity index (χ0n) is 10.7. The van der Waals surface area contributed by atoms with Gasteiger partial charge in [0.2, 0.25) is 5.91 Å². The molecule has 0 unspecified atom stereocenters. The summed E-state index contributed by atoms with van der Waals surface area (Å²) in [6, 6.07) is 7.90. The molecule has 4 heteroatoms. The van der Waals surface area contributed by atoms with Crippen LogP contribution in [0, 0.1) is 0 Å². The van der Waals surface area contributed by atoms with Crippen LogP contribution in [0.15, 0.2) is 24.3 Å². The molecule has 0 radical (unpaired) electrons. The third kappa shape index (κ3) is 3.55. The highest BCUT2D eigenvalue weighted by atomic mass is 16.3. The van der Waals surface area contributed by atoms with Gasteiger partial charge >= 0.3 is 0 Å². The molecule has 1 heterocycles. The first-order chi connectivity index (χ1) is 8.67. The topological polar surface area (TPSA) is 52.6 Å². The minimum atomic E-state index is -0.277. The van der Waals surface area contributed by atoms with Crippen LogP contribution in [0.2, 0.25) is 0 Å². The summed E-state index contributed by atoms with van der Waals surface area (Å²) < 4.78 is 0. The van der Waals surface area contributed by atoms with Crippen LogP contribution in [0.4, 0.5) is 5.69 Å². The minimum absolute atomic E-state index is 0.0163. The van der Waals surface area contributed by atoms with Gasteiger partial charge in [-0.3, -0.25) is 9.69 Å². The molecule has 1 aliphatic heterocycles. The summed E-state index contributed by atoms with van der Waals surface area (Å²) >= 11 is 0. The Balaban J connectivity index is 1.86. The zero-order chi connectivity index (χ0) is 13.0. The summed E-state index contributed by atoms with van der Waals surface area (Å²) in [6.07, 6.45) is 1.45. The standard InChI is InChI=1S/C14H20N2O2/c1-2-11-4-3-5-12(8-11)15-14(18)10-16-7-6-13(17)9-16/h3-5,8,13,17H,2,6-7,9-10H2,1H3,(H,15,18)/t13-/m0/s1. The van der Waals surface area contributed by atoms with Gasteiger partial charge in [0.05, 0.1) is 12.6 Å². The molecule has 1 saturated heterocycles. The summed E-state index contributed by atoms with van der Waals surface area (Å²) in [4.78, 5) is 13.8. The van der Waals surface area contributed by atoms with Gasteiger partial charge in [-0.25, -0.2) is 0 Å². The number of β-amino-alcohol motifs (C(OH)–C–C–N with tert-alkyl or cyclic N) is 1. The second kappa shape index (κ2) is 5.98. The Labute approximate surface area is 108 Å². The number of nitrogens with zero attached hydrogens (tertiary/aromatic N) is 1. The van der Waals surface area contributed by atoms with E-state index in [1.807, 2.05) is 29.2 Å². The fourth-order valence-electron chi connectivity index (χ4n) is 2.23. The van der Waals surface area contributed by atoms with Crippen molar-refractivity contribution < 1.29 is 9.90 Å². The first-order valence-electron chi connectivity index (χ1n) is 6.46. The van der Waals surface area contributed by atoms with Crippen molar-refractivity contribution in [1.29, 1.82) is 0 Å². The van der Waals surface area contributed by atoms with Gasteiger partial charge in [0.1, 0.15) is 0 Å². The number of hydrogen-bond donors (Lipinski definition) is 2. The molecule has 0 bridgehead atoms. The number of benzene rings is 1. The van der Waals surface area contributed by atoms with E-state index in [0.29, 0.717) is 13.1 Å². The third-order valence-electron chi connectivity index (χ3n) is 3.23. The number of aryl methyl sites for hydroxylation is 1. The molecule has 1 fully saturated rings. The molecule has 1 atom stereocenters. The lowest BCUT2D eigenvalue weighted by molar-refractivity contribution is -0.117. The van der Waals surface area contributed by atoms with Crippen LogP contribution in [-0.4, -0.2) is 41.7 Å². The number of nitrogens with one attached hydrogen (secondary N) is 1. The Morgan fingerprint density at radius 1 is 1.56 bits per heavy atom. The Bertz CT molecular complexity index is 420. The van der Waals surface area contributed by atoms with Crippen molar-refractivity contribution >= 4 is 11.6 Å². The van der Waals surface area contributed by atoms with Gasteiger partial charge in [-0.1, -0.05) is 19.1 Å². The molecule has 0 aliphatic carbocycles. The van der Waals surface area contributed by atoms with E-state index >= 15 is 0 Å². The number of hydrogen-bond acceptors (Lipinski definition) is 3. The number of likely N-dealkylation sites (tertiary alicyclic amines) is 1. The van der Waals surface area contributed by atoms with Gasteiger partial charge < -0.3 is 10.4 Å². The second-order valence-electron chi connectivity index (χ2n) is 4.78. The summed E-state index contributed by atoms with van der Waals surface area (Å²) in [5.41, 5.74) is 2.06. The molecule has 4 nitrogen and oxygen atoms in total. The van der Waals surface area contributed by atoms with E-state index in [0.717, 1.165) is 25.1 Å². The SMILES string of the molecule is CCc1cccc(NC(=O)CN2CC[C@H](O)C2)c1. The molecule has 2 rings (SSSR count). The molecule has 18 heavy (non-hydrogen) atoms. The van der Waals surface area contributed by atoms with Gasteiger partial charge in [-0.05, 0) is 30.5 Å². The molecule has 1 aromatic rings. The van der Waals surface area contributed by atoms with Crippen molar-refractivity contribution in [3.63, 3.8) is 0 Å². The molecule has 1 aliphatic rings. The lowest BCUT2D eigenvalue weighted by Gasteiger charge is -2.14. The van der Waals surface area contributed by atoms with Gasteiger partial charge in [-0.15, -0.1) is 0 Å². The van der Waals surface area contributed by atoms with E-state index in [2.05, 4.69) is 12.2 Å². The lowest BCUT2D eigenvalue weighted by atomic mass is 10.1. The number of carbonyl (C=O) groups is 1. The maximum Gasteiger partial charge on any atom is 0.238 e. The summed E-state index contributed by atoms with van der Waals surface area (Å²) in [5.74, 6) is -0.0163. The Hall–Kier alpha value is -1.39. The van der Waals surface area contributed by atoms with E-state index in [1.165, 1.54) is 5.56 Å². The molecule has 0 saturated carbocycles. The quantitative estimate of drug-likeness (QED) is 0.843. The maximum absolute atomic E-state index is 11.8. The molecule has 2 N–H and O–H groups in total. The predicted octanol–water partition coefficient (Wildman–Crippen LogP) is 1.25. The van der Waals surface area contributed by atoms with Crippen molar-refractivity contribution in [1.82, 2.24) is 4.90 Å². The third-order valence-corrected chi connectivity index (χ3v) is 3.23. The first kappa shape index (κ1) is 13.1. The van der Waals surface area contributed by atoms with E-state index in [9.17, 15) is 9.90 Å². The zero-order valence-corrected chi connectivity index (χ0v) is 10.7. The fraction of sp³-hybridized carbons (Fsp3) is 0.500. The minimum Gasteiger partial charge on any atom is -0.392 e. The van der Waals surface area contributed by atoms with Crippen LogP contribution >= 0.6 is 0 Å². The molecule has 0 aromatic heterocycles. The molecule has 1 aromatic carbocycles. The van der Waals surface area contributed by atoms with Crippen LogP contribution in [0.5, 0.6) is 0 Å². The van der Waals surface area contributed by atoms with Gasteiger partial charge in [0.15, 0.2) is 0 Å². The number of carbonyl (C=O) groups excluding carboxylic acids is 1. The Morgan fingerprint density at radius 3 is 3.06 bits per heavy atom. The number of rotatable bonds is 4. The number of anilines is 1. The number of aliphatic hydroxyl groups is 1. The average molecular weight is 248 g/mol. The van der Waals surface area contributed by atoms with Crippen LogP contribution in [-0.2, 0) is 11.2 Å². The van der Waals surface area contributed by atoms with Crippen molar-refractivity contribution in [2.75, 3.05) is 25.0 Å². The number of aliphatic hydroxyl groups excluding tert-OH is 1. The van der Waals surface area contributed by atoms with Crippen LogP contribution < -0.4 is 5.32 Å².